The van der Waals surface area contributed by atoms with Gasteiger partial charge in [-0.15, -0.1) is 0 Å². The van der Waals surface area contributed by atoms with Gasteiger partial charge in [-0.1, -0.05) is 19.3 Å². The molecule has 1 aliphatic carbocycles. The third-order valence-corrected chi connectivity index (χ3v) is 2.71. The van der Waals surface area contributed by atoms with Crippen LogP contribution in [0.3, 0.4) is 0 Å². The first kappa shape index (κ1) is 12.8. The summed E-state index contributed by atoms with van der Waals surface area (Å²) in [5.74, 6) is 0.107. The lowest BCUT2D eigenvalue weighted by Crippen LogP contribution is -2.31. The summed E-state index contributed by atoms with van der Waals surface area (Å²) in [5.41, 5.74) is 0. The van der Waals surface area contributed by atoms with Crippen molar-refractivity contribution in [3.8, 4) is 0 Å². The molecule has 0 unspecified atom stereocenters. The fourth-order valence-electron chi connectivity index (χ4n) is 1.84. The van der Waals surface area contributed by atoms with Gasteiger partial charge in [-0.3, -0.25) is 4.79 Å². The zero-order chi connectivity index (χ0) is 11.8. The molecule has 0 aromatic carbocycles. The predicted octanol–water partition coefficient (Wildman–Crippen LogP) is 1.81. The Labute approximate surface area is 95.5 Å². The van der Waals surface area contributed by atoms with E-state index < -0.39 is 12.1 Å². The lowest BCUT2D eigenvalue weighted by atomic mass is 9.89. The Morgan fingerprint density at radius 3 is 2.50 bits per heavy atom. The molecule has 5 heteroatoms. The number of hydrogen-bond donors (Lipinski definition) is 1. The van der Waals surface area contributed by atoms with Gasteiger partial charge in [0.05, 0.1) is 0 Å². The van der Waals surface area contributed by atoms with Gasteiger partial charge < -0.3 is 14.8 Å². The number of carbonyl (C=O) groups excluding carboxylic acids is 2. The van der Waals surface area contributed by atoms with Gasteiger partial charge in [-0.2, -0.15) is 0 Å². The summed E-state index contributed by atoms with van der Waals surface area (Å²) in [7, 11) is 0. The Bertz CT molecular complexity index is 236. The molecule has 16 heavy (non-hydrogen) atoms. The van der Waals surface area contributed by atoms with Crippen LogP contribution in [-0.4, -0.2) is 25.4 Å². The number of nitrogens with one attached hydrogen (secondary N) is 1. The Hall–Kier alpha value is -1.26. The van der Waals surface area contributed by atoms with Gasteiger partial charge in [-0.05, 0) is 18.8 Å². The lowest BCUT2D eigenvalue weighted by molar-refractivity contribution is -0.149. The summed E-state index contributed by atoms with van der Waals surface area (Å²) in [6.07, 6.45) is 5.61. The zero-order valence-corrected chi connectivity index (χ0v) is 9.66. The second kappa shape index (κ2) is 7.09. The molecule has 1 amide bonds. The molecule has 0 spiro atoms. The van der Waals surface area contributed by atoms with Crippen molar-refractivity contribution in [3.63, 3.8) is 0 Å². The third-order valence-electron chi connectivity index (χ3n) is 2.71. The highest BCUT2D eigenvalue weighted by molar-refractivity contribution is 5.68. The number of amides is 1. The van der Waals surface area contributed by atoms with Crippen LogP contribution >= 0.6 is 0 Å². The summed E-state index contributed by atoms with van der Waals surface area (Å²) in [6.45, 7) is 1.61. The summed E-state index contributed by atoms with van der Waals surface area (Å²) < 4.78 is 9.13. The highest BCUT2D eigenvalue weighted by Crippen LogP contribution is 2.22. The standard InChI is InChI=1S/C11H19NO4/c1-9(13)15-8-16-11(14)12-7-10-5-3-2-4-6-10/h10H,2-8H2,1H3,(H,12,14). The Kier molecular flexibility index (Phi) is 5.67. The maximum Gasteiger partial charge on any atom is 0.410 e. The molecule has 0 aromatic rings. The Balaban J connectivity index is 2.02. The molecule has 0 saturated heterocycles. The summed E-state index contributed by atoms with van der Waals surface area (Å²) in [5, 5.41) is 2.67. The molecule has 92 valence electrons. The van der Waals surface area contributed by atoms with E-state index in [1.54, 1.807) is 0 Å². The Morgan fingerprint density at radius 2 is 1.88 bits per heavy atom. The van der Waals surface area contributed by atoms with Gasteiger partial charge in [0, 0.05) is 13.5 Å². The maximum atomic E-state index is 11.1. The third kappa shape index (κ3) is 5.58. The molecule has 1 fully saturated rings. The number of esters is 1. The second-order valence-electron chi connectivity index (χ2n) is 4.07. The molecule has 1 saturated carbocycles. The van der Waals surface area contributed by atoms with Crippen LogP contribution in [0.4, 0.5) is 4.79 Å². The summed E-state index contributed by atoms with van der Waals surface area (Å²) in [4.78, 5) is 21.5. The topological polar surface area (TPSA) is 64.6 Å². The van der Waals surface area contributed by atoms with E-state index in [9.17, 15) is 9.59 Å². The van der Waals surface area contributed by atoms with Crippen LogP contribution in [0.15, 0.2) is 0 Å². The molecule has 0 aliphatic heterocycles. The van der Waals surface area contributed by atoms with Crippen LogP contribution in [0.2, 0.25) is 0 Å². The molecule has 0 aromatic heterocycles. The second-order valence-corrected chi connectivity index (χ2v) is 4.07. The van der Waals surface area contributed by atoms with Gasteiger partial charge in [0.2, 0.25) is 6.79 Å². The fraction of sp³-hybridized carbons (Fsp3) is 0.818. The summed E-state index contributed by atoms with van der Waals surface area (Å²) >= 11 is 0. The molecule has 1 N–H and O–H groups in total. The van der Waals surface area contributed by atoms with Crippen molar-refractivity contribution in [2.24, 2.45) is 5.92 Å². The number of hydrogen-bond acceptors (Lipinski definition) is 4. The van der Waals surface area contributed by atoms with E-state index in [4.69, 9.17) is 0 Å². The maximum absolute atomic E-state index is 11.1. The highest BCUT2D eigenvalue weighted by Gasteiger charge is 2.14. The first-order valence-corrected chi connectivity index (χ1v) is 5.72. The van der Waals surface area contributed by atoms with Gasteiger partial charge in [0.25, 0.3) is 0 Å². The van der Waals surface area contributed by atoms with Crippen LogP contribution in [0.1, 0.15) is 39.0 Å². The molecule has 1 rings (SSSR count). The number of rotatable bonds is 4. The van der Waals surface area contributed by atoms with Crippen molar-refractivity contribution in [2.75, 3.05) is 13.3 Å². The monoisotopic (exact) mass is 229 g/mol. The average Bonchev–Trinajstić information content (AvgIpc) is 2.27. The van der Waals surface area contributed by atoms with Crippen LogP contribution in [0.25, 0.3) is 0 Å². The van der Waals surface area contributed by atoms with Gasteiger partial charge in [0.15, 0.2) is 0 Å². The minimum atomic E-state index is -0.521. The van der Waals surface area contributed by atoms with E-state index in [-0.39, 0.29) is 6.79 Å². The van der Waals surface area contributed by atoms with Crippen molar-refractivity contribution in [1.82, 2.24) is 5.32 Å². The molecule has 0 radical (unpaired) electrons. The quantitative estimate of drug-likeness (QED) is 0.590. The zero-order valence-electron chi connectivity index (χ0n) is 9.66. The van der Waals surface area contributed by atoms with Crippen molar-refractivity contribution < 1.29 is 19.1 Å². The van der Waals surface area contributed by atoms with E-state index in [0.717, 1.165) is 0 Å². The SMILES string of the molecule is CC(=O)OCOC(=O)NCC1CCCCC1. The number of ether oxygens (including phenoxy) is 2. The van der Waals surface area contributed by atoms with E-state index in [1.807, 2.05) is 0 Å². The lowest BCUT2D eigenvalue weighted by Gasteiger charge is -2.21. The largest absolute Gasteiger partial charge is 0.428 e. The van der Waals surface area contributed by atoms with Gasteiger partial charge in [-0.25, -0.2) is 4.79 Å². The molecular formula is C11H19NO4. The van der Waals surface area contributed by atoms with Gasteiger partial charge in [0.1, 0.15) is 0 Å². The highest BCUT2D eigenvalue weighted by atomic mass is 16.7. The molecule has 0 bridgehead atoms. The summed E-state index contributed by atoms with van der Waals surface area (Å²) in [6, 6.07) is 0. The van der Waals surface area contributed by atoms with E-state index in [0.29, 0.717) is 12.5 Å². The van der Waals surface area contributed by atoms with E-state index in [1.165, 1.54) is 39.0 Å². The molecule has 1 aliphatic rings. The molecule has 0 atom stereocenters. The normalized spacial score (nSPS) is 16.6. The van der Waals surface area contributed by atoms with Crippen molar-refractivity contribution in [3.05, 3.63) is 0 Å². The van der Waals surface area contributed by atoms with Crippen molar-refractivity contribution in [1.29, 1.82) is 0 Å². The minimum absolute atomic E-state index is 0.314. The average molecular weight is 229 g/mol. The van der Waals surface area contributed by atoms with Crippen LogP contribution < -0.4 is 5.32 Å². The van der Waals surface area contributed by atoms with E-state index >= 15 is 0 Å². The number of carbonyl (C=O) groups is 2. The Morgan fingerprint density at radius 1 is 1.19 bits per heavy atom. The minimum Gasteiger partial charge on any atom is -0.428 e. The van der Waals surface area contributed by atoms with Crippen LogP contribution in [0.5, 0.6) is 0 Å². The molecular weight excluding hydrogens is 210 g/mol. The van der Waals surface area contributed by atoms with Crippen LogP contribution in [-0.2, 0) is 14.3 Å². The smallest absolute Gasteiger partial charge is 0.410 e. The molecule has 0 heterocycles. The van der Waals surface area contributed by atoms with Gasteiger partial charge >= 0.3 is 12.1 Å². The first-order chi connectivity index (χ1) is 7.68. The molecule has 5 nitrogen and oxygen atoms in total. The van der Waals surface area contributed by atoms with Crippen LogP contribution in [0, 0.1) is 5.92 Å². The van der Waals surface area contributed by atoms with Crippen molar-refractivity contribution in [2.45, 2.75) is 39.0 Å². The predicted molar refractivity (Wildman–Crippen MR) is 57.7 cm³/mol. The van der Waals surface area contributed by atoms with Crippen molar-refractivity contribution >= 4 is 12.1 Å². The fourth-order valence-corrected chi connectivity index (χ4v) is 1.84. The number of alkyl carbamates (subject to hydrolysis) is 1. The van der Waals surface area contributed by atoms with E-state index in [2.05, 4.69) is 14.8 Å². The first-order valence-electron chi connectivity index (χ1n) is 5.72.